The minimum absolute atomic E-state index is 0.0304. The second-order valence-corrected chi connectivity index (χ2v) is 5.70. The summed E-state index contributed by atoms with van der Waals surface area (Å²) in [7, 11) is 0. The van der Waals surface area contributed by atoms with Crippen LogP contribution in [0.2, 0.25) is 0 Å². The second-order valence-electron chi connectivity index (χ2n) is 5.70. The number of amides is 1. The number of nitrogens with one attached hydrogen (secondary N) is 1. The highest BCUT2D eigenvalue weighted by molar-refractivity contribution is 5.96. The normalized spacial score (nSPS) is 18.5. The highest BCUT2D eigenvalue weighted by Gasteiger charge is 2.25. The largest absolute Gasteiger partial charge is 0.366 e. The van der Waals surface area contributed by atoms with Gasteiger partial charge in [-0.2, -0.15) is 0 Å². The summed E-state index contributed by atoms with van der Waals surface area (Å²) < 4.78 is 0. The standard InChI is InChI=1S/C15H20N4O3/c20-15(18-9-5-16-6-10-18)12-3-4-13(14(11-12)19(21)22)17-7-1-2-8-17/h3-4,11,16H,1-2,5-10H2. The van der Waals surface area contributed by atoms with Crippen molar-refractivity contribution >= 4 is 17.3 Å². The molecule has 0 aliphatic carbocycles. The summed E-state index contributed by atoms with van der Waals surface area (Å²) in [5.41, 5.74) is 1.05. The molecule has 2 fully saturated rings. The molecule has 0 unspecified atom stereocenters. The predicted molar refractivity (Wildman–Crippen MR) is 83.3 cm³/mol. The van der Waals surface area contributed by atoms with Crippen molar-refractivity contribution in [3.8, 4) is 0 Å². The molecule has 3 rings (SSSR count). The van der Waals surface area contributed by atoms with Gasteiger partial charge in [0.15, 0.2) is 0 Å². The number of hydrogen-bond acceptors (Lipinski definition) is 5. The molecule has 2 aliphatic rings. The smallest absolute Gasteiger partial charge is 0.293 e. The number of nitro benzene ring substituents is 1. The van der Waals surface area contributed by atoms with Gasteiger partial charge in [0.05, 0.1) is 4.92 Å². The van der Waals surface area contributed by atoms with E-state index >= 15 is 0 Å². The lowest BCUT2D eigenvalue weighted by Gasteiger charge is -2.27. The Morgan fingerprint density at radius 3 is 2.45 bits per heavy atom. The Morgan fingerprint density at radius 1 is 1.14 bits per heavy atom. The monoisotopic (exact) mass is 304 g/mol. The van der Waals surface area contributed by atoms with Crippen LogP contribution in [-0.2, 0) is 0 Å². The van der Waals surface area contributed by atoms with Crippen LogP contribution < -0.4 is 10.2 Å². The molecule has 118 valence electrons. The Hall–Kier alpha value is -2.15. The molecular weight excluding hydrogens is 284 g/mol. The van der Waals surface area contributed by atoms with Gasteiger partial charge < -0.3 is 15.1 Å². The van der Waals surface area contributed by atoms with Gasteiger partial charge in [-0.25, -0.2) is 0 Å². The molecule has 0 bridgehead atoms. The Balaban J connectivity index is 1.87. The quantitative estimate of drug-likeness (QED) is 0.671. The number of carbonyl (C=O) groups is 1. The number of benzene rings is 1. The molecule has 0 radical (unpaired) electrons. The maximum Gasteiger partial charge on any atom is 0.293 e. The van der Waals surface area contributed by atoms with Gasteiger partial charge in [0, 0.05) is 50.9 Å². The minimum Gasteiger partial charge on any atom is -0.366 e. The third-order valence-electron chi connectivity index (χ3n) is 4.27. The van der Waals surface area contributed by atoms with Crippen LogP contribution in [0, 0.1) is 10.1 Å². The molecule has 1 aromatic carbocycles. The van der Waals surface area contributed by atoms with Crippen LogP contribution in [0.4, 0.5) is 11.4 Å². The predicted octanol–water partition coefficient (Wildman–Crippen LogP) is 1.24. The average Bonchev–Trinajstić information content (AvgIpc) is 3.08. The summed E-state index contributed by atoms with van der Waals surface area (Å²) in [6.45, 7) is 4.48. The molecular formula is C15H20N4O3. The first-order valence-corrected chi connectivity index (χ1v) is 7.70. The average molecular weight is 304 g/mol. The number of nitro groups is 1. The molecule has 1 aromatic rings. The highest BCUT2D eigenvalue weighted by Crippen LogP contribution is 2.32. The lowest BCUT2D eigenvalue weighted by Crippen LogP contribution is -2.46. The Bertz CT molecular complexity index is 578. The number of nitrogens with zero attached hydrogens (tertiary/aromatic N) is 3. The topological polar surface area (TPSA) is 78.7 Å². The van der Waals surface area contributed by atoms with Crippen molar-refractivity contribution in [2.75, 3.05) is 44.2 Å². The number of piperazine rings is 1. The van der Waals surface area contributed by atoms with E-state index in [1.165, 1.54) is 6.07 Å². The van der Waals surface area contributed by atoms with E-state index in [1.54, 1.807) is 17.0 Å². The van der Waals surface area contributed by atoms with Gasteiger partial charge in [0.2, 0.25) is 0 Å². The first-order valence-electron chi connectivity index (χ1n) is 7.70. The van der Waals surface area contributed by atoms with E-state index < -0.39 is 0 Å². The summed E-state index contributed by atoms with van der Waals surface area (Å²) in [5.74, 6) is -0.127. The molecule has 22 heavy (non-hydrogen) atoms. The van der Waals surface area contributed by atoms with E-state index in [-0.39, 0.29) is 16.5 Å². The maximum absolute atomic E-state index is 12.5. The number of hydrogen-bond donors (Lipinski definition) is 1. The second kappa shape index (κ2) is 6.31. The van der Waals surface area contributed by atoms with Gasteiger partial charge in [-0.05, 0) is 25.0 Å². The first-order chi connectivity index (χ1) is 10.7. The summed E-state index contributed by atoms with van der Waals surface area (Å²) in [6.07, 6.45) is 2.11. The van der Waals surface area contributed by atoms with Gasteiger partial charge in [-0.1, -0.05) is 0 Å². The van der Waals surface area contributed by atoms with Crippen LogP contribution in [0.3, 0.4) is 0 Å². The van der Waals surface area contributed by atoms with Crippen LogP contribution in [0.25, 0.3) is 0 Å². The van der Waals surface area contributed by atoms with Gasteiger partial charge in [-0.15, -0.1) is 0 Å². The zero-order valence-electron chi connectivity index (χ0n) is 12.5. The zero-order valence-corrected chi connectivity index (χ0v) is 12.5. The molecule has 7 heteroatoms. The first kappa shape index (κ1) is 14.8. The van der Waals surface area contributed by atoms with Crippen LogP contribution >= 0.6 is 0 Å². The van der Waals surface area contributed by atoms with Gasteiger partial charge in [0.1, 0.15) is 5.69 Å². The number of rotatable bonds is 3. The Morgan fingerprint density at radius 2 is 1.82 bits per heavy atom. The van der Waals surface area contributed by atoms with Crippen LogP contribution in [0.5, 0.6) is 0 Å². The van der Waals surface area contributed by atoms with Crippen molar-refractivity contribution in [3.63, 3.8) is 0 Å². The Kier molecular flexibility index (Phi) is 4.24. The van der Waals surface area contributed by atoms with Gasteiger partial charge in [0.25, 0.3) is 11.6 Å². The van der Waals surface area contributed by atoms with E-state index in [2.05, 4.69) is 5.32 Å². The van der Waals surface area contributed by atoms with E-state index in [0.717, 1.165) is 39.0 Å². The fraction of sp³-hybridized carbons (Fsp3) is 0.533. The highest BCUT2D eigenvalue weighted by atomic mass is 16.6. The van der Waals surface area contributed by atoms with E-state index in [1.807, 2.05) is 4.90 Å². The van der Waals surface area contributed by atoms with Gasteiger partial charge >= 0.3 is 0 Å². The molecule has 0 saturated carbocycles. The van der Waals surface area contributed by atoms with Crippen molar-refractivity contribution in [3.05, 3.63) is 33.9 Å². The molecule has 1 N–H and O–H groups in total. The minimum atomic E-state index is -0.387. The summed E-state index contributed by atoms with van der Waals surface area (Å²) in [5, 5.41) is 14.6. The number of carbonyl (C=O) groups excluding carboxylic acids is 1. The fourth-order valence-electron chi connectivity index (χ4n) is 3.08. The van der Waals surface area contributed by atoms with Crippen molar-refractivity contribution in [2.45, 2.75) is 12.8 Å². The van der Waals surface area contributed by atoms with Crippen molar-refractivity contribution in [1.29, 1.82) is 0 Å². The molecule has 2 saturated heterocycles. The van der Waals surface area contributed by atoms with Gasteiger partial charge in [-0.3, -0.25) is 14.9 Å². The number of anilines is 1. The zero-order chi connectivity index (χ0) is 15.5. The molecule has 0 spiro atoms. The summed E-state index contributed by atoms with van der Waals surface area (Å²) in [6, 6.07) is 4.86. The summed E-state index contributed by atoms with van der Waals surface area (Å²) in [4.78, 5) is 27.2. The third kappa shape index (κ3) is 2.89. The SMILES string of the molecule is O=C(c1ccc(N2CCCC2)c([N+](=O)[O-])c1)N1CCNCC1. The Labute approximate surface area is 129 Å². The maximum atomic E-state index is 12.5. The lowest BCUT2D eigenvalue weighted by atomic mass is 10.1. The van der Waals surface area contributed by atoms with Crippen LogP contribution in [0.1, 0.15) is 23.2 Å². The van der Waals surface area contributed by atoms with Crippen LogP contribution in [-0.4, -0.2) is 55.0 Å². The van der Waals surface area contributed by atoms with Crippen LogP contribution in [0.15, 0.2) is 18.2 Å². The van der Waals surface area contributed by atoms with E-state index in [9.17, 15) is 14.9 Å². The molecule has 0 atom stereocenters. The van der Waals surface area contributed by atoms with E-state index in [0.29, 0.717) is 24.3 Å². The molecule has 0 aromatic heterocycles. The summed E-state index contributed by atoms with van der Waals surface area (Å²) >= 11 is 0. The molecule has 2 heterocycles. The fourth-order valence-corrected chi connectivity index (χ4v) is 3.08. The molecule has 2 aliphatic heterocycles. The molecule has 7 nitrogen and oxygen atoms in total. The van der Waals surface area contributed by atoms with Crippen molar-refractivity contribution in [2.24, 2.45) is 0 Å². The van der Waals surface area contributed by atoms with Crippen molar-refractivity contribution in [1.82, 2.24) is 10.2 Å². The molecule has 1 amide bonds. The van der Waals surface area contributed by atoms with E-state index in [4.69, 9.17) is 0 Å². The van der Waals surface area contributed by atoms with Crippen molar-refractivity contribution < 1.29 is 9.72 Å². The lowest BCUT2D eigenvalue weighted by molar-refractivity contribution is -0.384. The third-order valence-corrected chi connectivity index (χ3v) is 4.27.